The first-order chi connectivity index (χ1) is 9.19. The van der Waals surface area contributed by atoms with E-state index < -0.39 is 0 Å². The number of hydrogen-bond donors (Lipinski definition) is 2. The lowest BCUT2D eigenvalue weighted by Crippen LogP contribution is -2.36. The lowest BCUT2D eigenvalue weighted by molar-refractivity contribution is 0.376. The Labute approximate surface area is 116 Å². The summed E-state index contributed by atoms with van der Waals surface area (Å²) < 4.78 is 5.14. The van der Waals surface area contributed by atoms with E-state index in [1.807, 2.05) is 13.0 Å². The van der Waals surface area contributed by atoms with Crippen LogP contribution in [0.3, 0.4) is 0 Å². The zero-order valence-corrected chi connectivity index (χ0v) is 12.2. The first kappa shape index (κ1) is 13.6. The summed E-state index contributed by atoms with van der Waals surface area (Å²) in [7, 11) is 1.75. The molecule has 0 aliphatic heterocycles. The minimum absolute atomic E-state index is 0.573. The fourth-order valence-electron chi connectivity index (χ4n) is 1.64. The molecule has 102 valence electrons. The van der Waals surface area contributed by atoms with Crippen molar-refractivity contribution in [1.29, 1.82) is 0 Å². The molecule has 0 radical (unpaired) electrons. The van der Waals surface area contributed by atoms with Crippen molar-refractivity contribution in [2.75, 3.05) is 7.05 Å². The van der Waals surface area contributed by atoms with Crippen LogP contribution in [0.15, 0.2) is 27.0 Å². The molecule has 0 aliphatic carbocycles. The van der Waals surface area contributed by atoms with Crippen LogP contribution in [-0.2, 0) is 13.1 Å². The second kappa shape index (κ2) is 6.38. The minimum atomic E-state index is 0.573. The molecule has 0 atom stereocenters. The third-order valence-electron chi connectivity index (χ3n) is 2.71. The topological polar surface area (TPSA) is 62.5 Å². The smallest absolute Gasteiger partial charge is 0.191 e. The van der Waals surface area contributed by atoms with Crippen molar-refractivity contribution in [2.24, 2.45) is 4.99 Å². The van der Waals surface area contributed by atoms with E-state index in [0.29, 0.717) is 6.54 Å². The van der Waals surface area contributed by atoms with E-state index in [-0.39, 0.29) is 0 Å². The molecule has 0 bridgehead atoms. The number of aliphatic imine (C=N–C) groups is 1. The second-order valence-electron chi connectivity index (χ2n) is 4.24. The molecule has 2 heterocycles. The fourth-order valence-corrected chi connectivity index (χ4v) is 2.49. The van der Waals surface area contributed by atoms with E-state index in [2.05, 4.69) is 39.2 Å². The van der Waals surface area contributed by atoms with Crippen LogP contribution in [0.2, 0.25) is 0 Å². The van der Waals surface area contributed by atoms with Crippen molar-refractivity contribution >= 4 is 17.3 Å². The van der Waals surface area contributed by atoms with Gasteiger partial charge in [-0.2, -0.15) is 0 Å². The van der Waals surface area contributed by atoms with Crippen LogP contribution in [0.25, 0.3) is 0 Å². The van der Waals surface area contributed by atoms with Crippen LogP contribution in [0.4, 0.5) is 0 Å². The lowest BCUT2D eigenvalue weighted by Gasteiger charge is -2.10. The van der Waals surface area contributed by atoms with Gasteiger partial charge >= 0.3 is 0 Å². The molecule has 19 heavy (non-hydrogen) atoms. The Kier molecular flexibility index (Phi) is 4.57. The molecule has 6 heteroatoms. The highest BCUT2D eigenvalue weighted by atomic mass is 32.1. The summed E-state index contributed by atoms with van der Waals surface area (Å²) in [5, 5.41) is 12.4. The molecule has 0 aromatic carbocycles. The molecule has 0 amide bonds. The van der Waals surface area contributed by atoms with E-state index in [1.165, 1.54) is 10.4 Å². The first-order valence-electron chi connectivity index (χ1n) is 6.08. The zero-order chi connectivity index (χ0) is 13.7. The number of aromatic nitrogens is 1. The predicted octanol–water partition coefficient (Wildman–Crippen LogP) is 2.22. The van der Waals surface area contributed by atoms with Crippen molar-refractivity contribution in [1.82, 2.24) is 15.8 Å². The Morgan fingerprint density at radius 1 is 1.37 bits per heavy atom. The van der Waals surface area contributed by atoms with Gasteiger partial charge in [-0.3, -0.25) is 4.99 Å². The van der Waals surface area contributed by atoms with Gasteiger partial charge in [0.15, 0.2) is 11.7 Å². The molecule has 2 aromatic heterocycles. The monoisotopic (exact) mass is 278 g/mol. The number of guanidine groups is 1. The Hall–Kier alpha value is -1.82. The van der Waals surface area contributed by atoms with Gasteiger partial charge in [0.05, 0.1) is 18.8 Å². The van der Waals surface area contributed by atoms with Crippen LogP contribution >= 0.6 is 11.3 Å². The standard InChI is InChI=1S/C13H18N4OS/c1-9-4-5-19-12(9)8-16-13(14-3)15-7-11-6-10(2)17-18-11/h4-6H,7-8H2,1-3H3,(H2,14,15,16). The number of rotatable bonds is 4. The van der Waals surface area contributed by atoms with Gasteiger partial charge in [-0.1, -0.05) is 5.16 Å². The predicted molar refractivity (Wildman–Crippen MR) is 77.3 cm³/mol. The Bertz CT molecular complexity index is 558. The molecule has 0 spiro atoms. The van der Waals surface area contributed by atoms with Crippen molar-refractivity contribution in [3.05, 3.63) is 39.4 Å². The van der Waals surface area contributed by atoms with E-state index in [9.17, 15) is 0 Å². The van der Waals surface area contributed by atoms with Gasteiger partial charge in [-0.05, 0) is 30.9 Å². The normalized spacial score (nSPS) is 11.6. The van der Waals surface area contributed by atoms with Crippen molar-refractivity contribution in [2.45, 2.75) is 26.9 Å². The van der Waals surface area contributed by atoms with E-state index in [1.54, 1.807) is 18.4 Å². The van der Waals surface area contributed by atoms with Gasteiger partial charge in [-0.15, -0.1) is 11.3 Å². The molecule has 2 N–H and O–H groups in total. The fraction of sp³-hybridized carbons (Fsp3) is 0.385. The number of hydrogen-bond acceptors (Lipinski definition) is 4. The summed E-state index contributed by atoms with van der Waals surface area (Å²) >= 11 is 1.75. The van der Waals surface area contributed by atoms with Crippen LogP contribution in [0, 0.1) is 13.8 Å². The quantitative estimate of drug-likeness (QED) is 0.665. The molecule has 0 saturated carbocycles. The molecule has 2 aromatic rings. The Morgan fingerprint density at radius 3 is 2.74 bits per heavy atom. The van der Waals surface area contributed by atoms with Crippen LogP contribution in [-0.4, -0.2) is 18.2 Å². The van der Waals surface area contributed by atoms with Gasteiger partial charge in [-0.25, -0.2) is 0 Å². The maximum absolute atomic E-state index is 5.14. The first-order valence-corrected chi connectivity index (χ1v) is 6.96. The molecule has 0 fully saturated rings. The van der Waals surface area contributed by atoms with Crippen LogP contribution in [0.5, 0.6) is 0 Å². The summed E-state index contributed by atoms with van der Waals surface area (Å²) in [6.45, 7) is 5.36. The van der Waals surface area contributed by atoms with Gasteiger partial charge in [0.1, 0.15) is 0 Å². The third-order valence-corrected chi connectivity index (χ3v) is 3.74. The number of nitrogens with one attached hydrogen (secondary N) is 2. The van der Waals surface area contributed by atoms with Crippen molar-refractivity contribution in [3.63, 3.8) is 0 Å². The highest BCUT2D eigenvalue weighted by Gasteiger charge is 2.04. The van der Waals surface area contributed by atoms with Gasteiger partial charge in [0.25, 0.3) is 0 Å². The highest BCUT2D eigenvalue weighted by Crippen LogP contribution is 2.14. The largest absolute Gasteiger partial charge is 0.359 e. The summed E-state index contributed by atoms with van der Waals surface area (Å²) in [5.74, 6) is 1.55. The average molecular weight is 278 g/mol. The SMILES string of the molecule is CN=C(NCc1cc(C)no1)NCc1sccc1C. The molecular formula is C13H18N4OS. The third kappa shape index (κ3) is 3.82. The molecule has 0 unspecified atom stereocenters. The second-order valence-corrected chi connectivity index (χ2v) is 5.24. The molecular weight excluding hydrogens is 260 g/mol. The summed E-state index contributed by atoms with van der Waals surface area (Å²) in [5.41, 5.74) is 2.19. The Morgan fingerprint density at radius 2 is 2.16 bits per heavy atom. The van der Waals surface area contributed by atoms with Crippen molar-refractivity contribution < 1.29 is 4.52 Å². The summed E-state index contributed by atoms with van der Waals surface area (Å²) in [4.78, 5) is 5.49. The Balaban J connectivity index is 1.82. The number of nitrogens with zero attached hydrogens (tertiary/aromatic N) is 2. The maximum Gasteiger partial charge on any atom is 0.191 e. The summed E-state index contributed by atoms with van der Waals surface area (Å²) in [6.07, 6.45) is 0. The van der Waals surface area contributed by atoms with Gasteiger partial charge in [0.2, 0.25) is 0 Å². The van der Waals surface area contributed by atoms with Crippen LogP contribution < -0.4 is 10.6 Å². The average Bonchev–Trinajstić information content (AvgIpc) is 2.99. The van der Waals surface area contributed by atoms with E-state index >= 15 is 0 Å². The molecule has 0 saturated heterocycles. The lowest BCUT2D eigenvalue weighted by atomic mass is 10.3. The van der Waals surface area contributed by atoms with Gasteiger partial charge in [0, 0.05) is 18.0 Å². The number of aryl methyl sites for hydroxylation is 2. The molecule has 0 aliphatic rings. The van der Waals surface area contributed by atoms with Crippen molar-refractivity contribution in [3.8, 4) is 0 Å². The number of thiophene rings is 1. The zero-order valence-electron chi connectivity index (χ0n) is 11.4. The van der Waals surface area contributed by atoms with E-state index in [0.717, 1.165) is 24.0 Å². The van der Waals surface area contributed by atoms with Crippen LogP contribution in [0.1, 0.15) is 21.9 Å². The maximum atomic E-state index is 5.14. The molecule has 2 rings (SSSR count). The minimum Gasteiger partial charge on any atom is -0.359 e. The van der Waals surface area contributed by atoms with E-state index in [4.69, 9.17) is 4.52 Å². The highest BCUT2D eigenvalue weighted by molar-refractivity contribution is 7.10. The summed E-state index contributed by atoms with van der Waals surface area (Å²) in [6, 6.07) is 4.03. The van der Waals surface area contributed by atoms with Gasteiger partial charge < -0.3 is 15.2 Å². The molecule has 5 nitrogen and oxygen atoms in total.